The van der Waals surface area contributed by atoms with Crippen molar-refractivity contribution in [3.63, 3.8) is 0 Å². The lowest BCUT2D eigenvalue weighted by molar-refractivity contribution is -0.118. The molecule has 17 heavy (non-hydrogen) atoms. The Morgan fingerprint density at radius 2 is 1.76 bits per heavy atom. The average Bonchev–Trinajstić information content (AvgIpc) is 2.15. The first-order chi connectivity index (χ1) is 7.79. The molecule has 94 valence electrons. The van der Waals surface area contributed by atoms with Gasteiger partial charge in [0.05, 0.1) is 0 Å². The van der Waals surface area contributed by atoms with Gasteiger partial charge in [0.25, 0.3) is 0 Å². The fourth-order valence-electron chi connectivity index (χ4n) is 1.77. The number of primary amides is 1. The summed E-state index contributed by atoms with van der Waals surface area (Å²) in [6, 6.07) is 8.19. The molecule has 3 heteroatoms. The number of hydrogen-bond acceptors (Lipinski definition) is 2. The third-order valence-electron chi connectivity index (χ3n) is 2.78. The van der Waals surface area contributed by atoms with Gasteiger partial charge in [-0.25, -0.2) is 0 Å². The Bertz CT molecular complexity index is 376. The molecule has 4 N–H and O–H groups in total. The van der Waals surface area contributed by atoms with Crippen LogP contribution in [0, 0.1) is 0 Å². The van der Waals surface area contributed by atoms with Crippen LogP contribution >= 0.6 is 0 Å². The smallest absolute Gasteiger partial charge is 0.218 e. The Morgan fingerprint density at radius 1 is 1.24 bits per heavy atom. The molecule has 0 aliphatic heterocycles. The highest BCUT2D eigenvalue weighted by Crippen LogP contribution is 2.22. The van der Waals surface area contributed by atoms with Gasteiger partial charge in [-0.15, -0.1) is 0 Å². The molecule has 0 saturated heterocycles. The summed E-state index contributed by atoms with van der Waals surface area (Å²) in [5.74, 6) is -0.344. The van der Waals surface area contributed by atoms with E-state index >= 15 is 0 Å². The molecule has 1 amide bonds. The minimum Gasteiger partial charge on any atom is -0.370 e. The van der Waals surface area contributed by atoms with Gasteiger partial charge in [-0.3, -0.25) is 4.79 Å². The van der Waals surface area contributed by atoms with E-state index in [2.05, 4.69) is 45.0 Å². The van der Waals surface area contributed by atoms with E-state index in [0.29, 0.717) is 6.42 Å². The summed E-state index contributed by atoms with van der Waals surface area (Å²) in [7, 11) is 0. The van der Waals surface area contributed by atoms with Crippen molar-refractivity contribution >= 4 is 5.91 Å². The van der Waals surface area contributed by atoms with Gasteiger partial charge in [-0.2, -0.15) is 0 Å². The first-order valence-electron chi connectivity index (χ1n) is 5.92. The van der Waals surface area contributed by atoms with E-state index in [1.54, 1.807) is 0 Å². The van der Waals surface area contributed by atoms with Gasteiger partial charge in [-0.1, -0.05) is 45.0 Å². The number of nitrogens with two attached hydrogens (primary N) is 2. The van der Waals surface area contributed by atoms with Crippen LogP contribution in [0.3, 0.4) is 0 Å². The topological polar surface area (TPSA) is 69.1 Å². The molecule has 1 rings (SSSR count). The molecular formula is C14H22N2O. The standard InChI is InChI=1S/C14H22N2O/c1-14(2,3)11-6-4-10(5-7-11)8-12(15)9-13(16)17/h4-7,12H,8-9,15H2,1-3H3,(H2,16,17)/t12-/m1/s1. The molecular weight excluding hydrogens is 212 g/mol. The van der Waals surface area contributed by atoms with Crippen LogP contribution in [-0.2, 0) is 16.6 Å². The maximum atomic E-state index is 10.7. The van der Waals surface area contributed by atoms with Crippen molar-refractivity contribution in [3.05, 3.63) is 35.4 Å². The molecule has 3 nitrogen and oxygen atoms in total. The SMILES string of the molecule is CC(C)(C)c1ccc(C[C@@H](N)CC(N)=O)cc1. The zero-order valence-corrected chi connectivity index (χ0v) is 10.9. The van der Waals surface area contributed by atoms with E-state index in [4.69, 9.17) is 11.5 Å². The van der Waals surface area contributed by atoms with Gasteiger partial charge >= 0.3 is 0 Å². The van der Waals surface area contributed by atoms with Crippen LogP contribution in [0.15, 0.2) is 24.3 Å². The van der Waals surface area contributed by atoms with Crippen LogP contribution in [0.5, 0.6) is 0 Å². The lowest BCUT2D eigenvalue weighted by atomic mass is 9.86. The quantitative estimate of drug-likeness (QED) is 0.833. The summed E-state index contributed by atoms with van der Waals surface area (Å²) >= 11 is 0. The highest BCUT2D eigenvalue weighted by Gasteiger charge is 2.13. The Morgan fingerprint density at radius 3 is 2.18 bits per heavy atom. The largest absolute Gasteiger partial charge is 0.370 e. The third kappa shape index (κ3) is 4.57. The molecule has 0 saturated carbocycles. The first-order valence-corrected chi connectivity index (χ1v) is 5.92. The molecule has 0 fully saturated rings. The highest BCUT2D eigenvalue weighted by atomic mass is 16.1. The number of carbonyl (C=O) groups excluding carboxylic acids is 1. The summed E-state index contributed by atoms with van der Waals surface area (Å²) in [5.41, 5.74) is 13.5. The van der Waals surface area contributed by atoms with E-state index in [0.717, 1.165) is 5.56 Å². The van der Waals surface area contributed by atoms with Crippen LogP contribution in [0.1, 0.15) is 38.3 Å². The Kier molecular flexibility index (Phi) is 4.29. The summed E-state index contributed by atoms with van der Waals surface area (Å²) in [6.45, 7) is 6.54. The summed E-state index contributed by atoms with van der Waals surface area (Å²) in [6.07, 6.45) is 0.925. The number of amides is 1. The second kappa shape index (κ2) is 5.32. The Labute approximate surface area is 103 Å². The summed E-state index contributed by atoms with van der Waals surface area (Å²) in [5, 5.41) is 0. The second-order valence-electron chi connectivity index (χ2n) is 5.58. The van der Waals surface area contributed by atoms with E-state index in [1.807, 2.05) is 0 Å². The molecule has 0 aromatic heterocycles. The van der Waals surface area contributed by atoms with Crippen LogP contribution in [-0.4, -0.2) is 11.9 Å². The number of rotatable bonds is 4. The second-order valence-corrected chi connectivity index (χ2v) is 5.58. The van der Waals surface area contributed by atoms with Crippen molar-refractivity contribution in [1.82, 2.24) is 0 Å². The van der Waals surface area contributed by atoms with Gasteiger partial charge in [0.15, 0.2) is 0 Å². The van der Waals surface area contributed by atoms with Crippen molar-refractivity contribution in [3.8, 4) is 0 Å². The van der Waals surface area contributed by atoms with Gasteiger partial charge < -0.3 is 11.5 Å². The molecule has 0 heterocycles. The van der Waals surface area contributed by atoms with Crippen LogP contribution in [0.2, 0.25) is 0 Å². The zero-order valence-electron chi connectivity index (χ0n) is 10.9. The molecule has 0 bridgehead atoms. The van der Waals surface area contributed by atoms with Gasteiger partial charge in [0, 0.05) is 12.5 Å². The molecule has 1 aromatic carbocycles. The zero-order chi connectivity index (χ0) is 13.1. The maximum Gasteiger partial charge on any atom is 0.218 e. The van der Waals surface area contributed by atoms with Gasteiger partial charge in [0.1, 0.15) is 0 Å². The minimum absolute atomic E-state index is 0.161. The van der Waals surface area contributed by atoms with Crippen LogP contribution < -0.4 is 11.5 Å². The van der Waals surface area contributed by atoms with E-state index in [9.17, 15) is 4.79 Å². The van der Waals surface area contributed by atoms with E-state index in [1.165, 1.54) is 5.56 Å². The van der Waals surface area contributed by atoms with E-state index < -0.39 is 0 Å². The third-order valence-corrected chi connectivity index (χ3v) is 2.78. The van der Waals surface area contributed by atoms with Crippen molar-refractivity contribution in [2.45, 2.75) is 45.1 Å². The molecule has 1 aromatic rings. The maximum absolute atomic E-state index is 10.7. The van der Waals surface area contributed by atoms with Crippen molar-refractivity contribution in [1.29, 1.82) is 0 Å². The van der Waals surface area contributed by atoms with E-state index in [-0.39, 0.29) is 23.8 Å². The van der Waals surface area contributed by atoms with Crippen LogP contribution in [0.4, 0.5) is 0 Å². The summed E-state index contributed by atoms with van der Waals surface area (Å²) < 4.78 is 0. The first kappa shape index (κ1) is 13.7. The lowest BCUT2D eigenvalue weighted by Crippen LogP contribution is -2.29. The minimum atomic E-state index is -0.344. The fraction of sp³-hybridized carbons (Fsp3) is 0.500. The predicted octanol–water partition coefficient (Wildman–Crippen LogP) is 1.73. The normalized spacial score (nSPS) is 13.4. The lowest BCUT2D eigenvalue weighted by Gasteiger charge is -2.19. The fourth-order valence-corrected chi connectivity index (χ4v) is 1.77. The predicted molar refractivity (Wildman–Crippen MR) is 70.6 cm³/mol. The Hall–Kier alpha value is -1.35. The van der Waals surface area contributed by atoms with Crippen molar-refractivity contribution in [2.24, 2.45) is 11.5 Å². The molecule has 0 spiro atoms. The van der Waals surface area contributed by atoms with Crippen molar-refractivity contribution in [2.75, 3.05) is 0 Å². The monoisotopic (exact) mass is 234 g/mol. The summed E-state index contributed by atoms with van der Waals surface area (Å²) in [4.78, 5) is 10.7. The molecule has 0 unspecified atom stereocenters. The average molecular weight is 234 g/mol. The number of benzene rings is 1. The number of hydrogen-bond donors (Lipinski definition) is 2. The number of carbonyl (C=O) groups is 1. The van der Waals surface area contributed by atoms with Gasteiger partial charge in [0.2, 0.25) is 5.91 Å². The molecule has 0 aliphatic rings. The Balaban J connectivity index is 2.66. The molecule has 0 aliphatic carbocycles. The van der Waals surface area contributed by atoms with Crippen molar-refractivity contribution < 1.29 is 4.79 Å². The van der Waals surface area contributed by atoms with Crippen LogP contribution in [0.25, 0.3) is 0 Å². The molecule has 0 radical (unpaired) electrons. The molecule has 1 atom stereocenters. The highest BCUT2D eigenvalue weighted by molar-refractivity contribution is 5.74. The van der Waals surface area contributed by atoms with Gasteiger partial charge in [-0.05, 0) is 23.0 Å².